The van der Waals surface area contributed by atoms with Gasteiger partial charge in [0, 0.05) is 12.6 Å². The van der Waals surface area contributed by atoms with Gasteiger partial charge in [0.2, 0.25) is 0 Å². The van der Waals surface area contributed by atoms with Crippen LogP contribution in [0.5, 0.6) is 11.5 Å². The number of hydrogen-bond acceptors (Lipinski definition) is 2. The number of ether oxygens (including phenoxy) is 1. The van der Waals surface area contributed by atoms with E-state index in [0.717, 1.165) is 18.0 Å². The molecule has 0 heterocycles. The number of nitrogens with one attached hydrogen (secondary N) is 1. The molecule has 0 aliphatic carbocycles. The molecule has 1 N–H and O–H groups in total. The molecule has 2 nitrogen and oxygen atoms in total. The molecule has 2 rings (SSSR count). The molecule has 0 atom stereocenters. The van der Waals surface area contributed by atoms with Crippen molar-refractivity contribution in [3.63, 3.8) is 0 Å². The number of rotatable bonds is 5. The molecule has 2 aromatic carbocycles. The van der Waals surface area contributed by atoms with Gasteiger partial charge in [-0.1, -0.05) is 44.2 Å². The predicted molar refractivity (Wildman–Crippen MR) is 74.9 cm³/mol. The maximum atomic E-state index is 5.74. The Hall–Kier alpha value is -1.80. The van der Waals surface area contributed by atoms with Gasteiger partial charge in [-0.3, -0.25) is 0 Å². The van der Waals surface area contributed by atoms with Gasteiger partial charge < -0.3 is 10.1 Å². The minimum Gasteiger partial charge on any atom is -0.457 e. The maximum absolute atomic E-state index is 5.74. The summed E-state index contributed by atoms with van der Waals surface area (Å²) in [5.74, 6) is 1.74. The summed E-state index contributed by atoms with van der Waals surface area (Å²) in [5, 5.41) is 3.39. The van der Waals surface area contributed by atoms with Crippen molar-refractivity contribution in [1.82, 2.24) is 5.32 Å². The molecule has 2 heteroatoms. The molecule has 18 heavy (non-hydrogen) atoms. The van der Waals surface area contributed by atoms with E-state index >= 15 is 0 Å². The van der Waals surface area contributed by atoms with Crippen LogP contribution in [-0.2, 0) is 6.54 Å². The average Bonchev–Trinajstić information content (AvgIpc) is 2.39. The number of hydrogen-bond donors (Lipinski definition) is 1. The Labute approximate surface area is 109 Å². The quantitative estimate of drug-likeness (QED) is 0.855. The second-order valence-corrected chi connectivity index (χ2v) is 4.59. The Bertz CT molecular complexity index is 462. The lowest BCUT2D eigenvalue weighted by Crippen LogP contribution is -2.21. The monoisotopic (exact) mass is 241 g/mol. The first kappa shape index (κ1) is 12.7. The van der Waals surface area contributed by atoms with Crippen LogP contribution in [0.1, 0.15) is 19.4 Å². The fraction of sp³-hybridized carbons (Fsp3) is 0.250. The summed E-state index contributed by atoms with van der Waals surface area (Å²) >= 11 is 0. The van der Waals surface area contributed by atoms with Crippen molar-refractivity contribution in [1.29, 1.82) is 0 Å². The molecular formula is C16H19NO. The lowest BCUT2D eigenvalue weighted by Gasteiger charge is -2.09. The van der Waals surface area contributed by atoms with E-state index in [4.69, 9.17) is 4.74 Å². The third-order valence-corrected chi connectivity index (χ3v) is 2.62. The first-order chi connectivity index (χ1) is 8.74. The Kier molecular flexibility index (Phi) is 4.37. The Morgan fingerprint density at radius 1 is 0.889 bits per heavy atom. The van der Waals surface area contributed by atoms with Crippen LogP contribution in [0.2, 0.25) is 0 Å². The molecule has 94 valence electrons. The summed E-state index contributed by atoms with van der Waals surface area (Å²) in [6.45, 7) is 5.18. The van der Waals surface area contributed by atoms with E-state index in [1.807, 2.05) is 42.5 Å². The van der Waals surface area contributed by atoms with Crippen molar-refractivity contribution >= 4 is 0 Å². The molecule has 0 spiro atoms. The topological polar surface area (TPSA) is 21.3 Å². The van der Waals surface area contributed by atoms with Crippen LogP contribution in [0, 0.1) is 0 Å². The zero-order valence-electron chi connectivity index (χ0n) is 10.9. The van der Waals surface area contributed by atoms with Crippen LogP contribution in [-0.4, -0.2) is 6.04 Å². The van der Waals surface area contributed by atoms with E-state index in [-0.39, 0.29) is 0 Å². The molecule has 0 aromatic heterocycles. The third-order valence-electron chi connectivity index (χ3n) is 2.62. The lowest BCUT2D eigenvalue weighted by molar-refractivity contribution is 0.482. The molecule has 0 unspecified atom stereocenters. The number of benzene rings is 2. The van der Waals surface area contributed by atoms with E-state index in [1.165, 1.54) is 5.56 Å². The van der Waals surface area contributed by atoms with E-state index in [1.54, 1.807) is 0 Å². The standard InChI is InChI=1S/C16H19NO/c1-13(2)17-12-14-8-10-16(11-9-14)18-15-6-4-3-5-7-15/h3-11,13,17H,12H2,1-2H3. The van der Waals surface area contributed by atoms with Gasteiger partial charge in [0.15, 0.2) is 0 Å². The highest BCUT2D eigenvalue weighted by molar-refractivity contribution is 5.32. The van der Waals surface area contributed by atoms with Crippen molar-refractivity contribution in [3.8, 4) is 11.5 Å². The van der Waals surface area contributed by atoms with Gasteiger partial charge in [-0.15, -0.1) is 0 Å². The van der Waals surface area contributed by atoms with E-state index in [2.05, 4.69) is 31.3 Å². The normalized spacial score (nSPS) is 10.6. The lowest BCUT2D eigenvalue weighted by atomic mass is 10.2. The highest BCUT2D eigenvalue weighted by Gasteiger charge is 1.98. The molecule has 0 bridgehead atoms. The second kappa shape index (κ2) is 6.22. The highest BCUT2D eigenvalue weighted by atomic mass is 16.5. The molecule has 0 saturated carbocycles. The zero-order valence-corrected chi connectivity index (χ0v) is 10.9. The van der Waals surface area contributed by atoms with Crippen molar-refractivity contribution in [3.05, 3.63) is 60.2 Å². The van der Waals surface area contributed by atoms with Crippen LogP contribution in [0.15, 0.2) is 54.6 Å². The Balaban J connectivity index is 1.95. The average molecular weight is 241 g/mol. The molecular weight excluding hydrogens is 222 g/mol. The van der Waals surface area contributed by atoms with Crippen molar-refractivity contribution in [2.24, 2.45) is 0 Å². The fourth-order valence-corrected chi connectivity index (χ4v) is 1.62. The summed E-state index contributed by atoms with van der Waals surface area (Å²) in [6, 6.07) is 18.5. The maximum Gasteiger partial charge on any atom is 0.127 e. The van der Waals surface area contributed by atoms with E-state index < -0.39 is 0 Å². The van der Waals surface area contributed by atoms with Gasteiger partial charge in [0.05, 0.1) is 0 Å². The number of para-hydroxylation sites is 1. The van der Waals surface area contributed by atoms with E-state index in [9.17, 15) is 0 Å². The third kappa shape index (κ3) is 3.90. The zero-order chi connectivity index (χ0) is 12.8. The summed E-state index contributed by atoms with van der Waals surface area (Å²) in [7, 11) is 0. The van der Waals surface area contributed by atoms with Gasteiger partial charge in [0.25, 0.3) is 0 Å². The molecule has 0 fully saturated rings. The summed E-state index contributed by atoms with van der Waals surface area (Å²) in [6.07, 6.45) is 0. The van der Waals surface area contributed by atoms with Gasteiger partial charge >= 0.3 is 0 Å². The van der Waals surface area contributed by atoms with E-state index in [0.29, 0.717) is 6.04 Å². The van der Waals surface area contributed by atoms with Crippen molar-refractivity contribution < 1.29 is 4.74 Å². The highest BCUT2D eigenvalue weighted by Crippen LogP contribution is 2.20. The van der Waals surface area contributed by atoms with Crippen LogP contribution in [0.25, 0.3) is 0 Å². The summed E-state index contributed by atoms with van der Waals surface area (Å²) in [4.78, 5) is 0. The van der Waals surface area contributed by atoms with Crippen LogP contribution in [0.4, 0.5) is 0 Å². The molecule has 2 aromatic rings. The Morgan fingerprint density at radius 3 is 2.11 bits per heavy atom. The van der Waals surface area contributed by atoms with Gasteiger partial charge in [-0.2, -0.15) is 0 Å². The van der Waals surface area contributed by atoms with Gasteiger partial charge in [-0.25, -0.2) is 0 Å². The predicted octanol–water partition coefficient (Wildman–Crippen LogP) is 3.98. The van der Waals surface area contributed by atoms with Crippen molar-refractivity contribution in [2.45, 2.75) is 26.4 Å². The van der Waals surface area contributed by atoms with Crippen LogP contribution >= 0.6 is 0 Å². The summed E-state index contributed by atoms with van der Waals surface area (Å²) in [5.41, 5.74) is 1.27. The smallest absolute Gasteiger partial charge is 0.127 e. The second-order valence-electron chi connectivity index (χ2n) is 4.59. The molecule has 0 amide bonds. The fourth-order valence-electron chi connectivity index (χ4n) is 1.62. The molecule has 0 aliphatic heterocycles. The van der Waals surface area contributed by atoms with Crippen molar-refractivity contribution in [2.75, 3.05) is 0 Å². The molecule has 0 saturated heterocycles. The van der Waals surface area contributed by atoms with Gasteiger partial charge in [-0.05, 0) is 29.8 Å². The summed E-state index contributed by atoms with van der Waals surface area (Å²) < 4.78 is 5.74. The minimum absolute atomic E-state index is 0.505. The largest absolute Gasteiger partial charge is 0.457 e. The molecule has 0 radical (unpaired) electrons. The Morgan fingerprint density at radius 2 is 1.50 bits per heavy atom. The minimum atomic E-state index is 0.505. The SMILES string of the molecule is CC(C)NCc1ccc(Oc2ccccc2)cc1. The van der Waals surface area contributed by atoms with Crippen LogP contribution < -0.4 is 10.1 Å². The molecule has 0 aliphatic rings. The first-order valence-electron chi connectivity index (χ1n) is 6.29. The van der Waals surface area contributed by atoms with Gasteiger partial charge in [0.1, 0.15) is 11.5 Å². The first-order valence-corrected chi connectivity index (χ1v) is 6.29. The van der Waals surface area contributed by atoms with Crippen LogP contribution in [0.3, 0.4) is 0 Å².